The number of fused-ring (bicyclic) bond motifs is 1. The van der Waals surface area contributed by atoms with Crippen LogP contribution in [0.4, 0.5) is 5.69 Å². The molecular weight excluding hydrogens is 434 g/mol. The molecule has 6 heteroatoms. The number of amides is 2. The Kier molecular flexibility index (Phi) is 5.37. The molecule has 0 aromatic heterocycles. The zero-order chi connectivity index (χ0) is 20.5. The highest BCUT2D eigenvalue weighted by molar-refractivity contribution is 9.10. The Bertz CT molecular complexity index is 1010. The zero-order valence-electron chi connectivity index (χ0n) is 15.9. The van der Waals surface area contributed by atoms with Gasteiger partial charge >= 0.3 is 0 Å². The first kappa shape index (κ1) is 19.6. The monoisotopic (exact) mass is 453 g/mol. The molecule has 2 aliphatic rings. The van der Waals surface area contributed by atoms with E-state index >= 15 is 0 Å². The lowest BCUT2D eigenvalue weighted by Crippen LogP contribution is -2.31. The predicted octanol–water partition coefficient (Wildman–Crippen LogP) is 4.56. The number of para-hydroxylation sites is 2. The maximum absolute atomic E-state index is 13.0. The number of nitrogens with zero attached hydrogens (tertiary/aromatic N) is 1. The average Bonchev–Trinajstić information content (AvgIpc) is 2.96. The van der Waals surface area contributed by atoms with E-state index in [1.165, 1.54) is 4.90 Å². The van der Waals surface area contributed by atoms with Crippen molar-refractivity contribution in [3.63, 3.8) is 0 Å². The molecule has 4 rings (SSSR count). The van der Waals surface area contributed by atoms with Gasteiger partial charge in [0.1, 0.15) is 5.75 Å². The van der Waals surface area contributed by atoms with Crippen LogP contribution in [0.2, 0.25) is 0 Å². The van der Waals surface area contributed by atoms with E-state index in [4.69, 9.17) is 4.74 Å². The first-order chi connectivity index (χ1) is 14.0. The van der Waals surface area contributed by atoms with Gasteiger partial charge in [-0.1, -0.05) is 51.8 Å². The third-order valence-electron chi connectivity index (χ3n) is 5.45. The van der Waals surface area contributed by atoms with E-state index in [1.807, 2.05) is 13.0 Å². The SMILES string of the molecule is CC1=CC[C@H]2C(=O)N(c3ccccc3OCC(=O)c3ccc(Br)cc3)C(=O)[C@@H]2C1. The maximum atomic E-state index is 13.0. The minimum absolute atomic E-state index is 0.178. The van der Waals surface area contributed by atoms with E-state index in [0.717, 1.165) is 10.0 Å². The number of benzene rings is 2. The fourth-order valence-electron chi connectivity index (χ4n) is 3.90. The highest BCUT2D eigenvalue weighted by Gasteiger charge is 2.49. The van der Waals surface area contributed by atoms with Crippen molar-refractivity contribution in [3.8, 4) is 5.75 Å². The normalized spacial score (nSPS) is 21.0. The first-order valence-electron chi connectivity index (χ1n) is 9.49. The van der Waals surface area contributed by atoms with E-state index in [9.17, 15) is 14.4 Å². The van der Waals surface area contributed by atoms with E-state index in [1.54, 1.807) is 48.5 Å². The minimum Gasteiger partial charge on any atom is -0.483 e. The summed E-state index contributed by atoms with van der Waals surface area (Å²) in [6.45, 7) is 1.81. The van der Waals surface area contributed by atoms with Crippen LogP contribution >= 0.6 is 15.9 Å². The maximum Gasteiger partial charge on any atom is 0.238 e. The average molecular weight is 454 g/mol. The summed E-state index contributed by atoms with van der Waals surface area (Å²) < 4.78 is 6.63. The van der Waals surface area contributed by atoms with Gasteiger partial charge in [-0.05, 0) is 44.0 Å². The Labute approximate surface area is 177 Å². The van der Waals surface area contributed by atoms with Crippen molar-refractivity contribution in [3.05, 3.63) is 70.2 Å². The number of Topliss-reactive ketones (excluding diaryl/α,β-unsaturated/α-hetero) is 1. The van der Waals surface area contributed by atoms with Crippen molar-refractivity contribution in [2.45, 2.75) is 19.8 Å². The third kappa shape index (κ3) is 3.77. The van der Waals surface area contributed by atoms with E-state index in [-0.39, 0.29) is 36.0 Å². The van der Waals surface area contributed by atoms with Gasteiger partial charge in [-0.15, -0.1) is 0 Å². The second kappa shape index (κ2) is 7.95. The fourth-order valence-corrected chi connectivity index (χ4v) is 4.17. The van der Waals surface area contributed by atoms with Crippen LogP contribution in [0.3, 0.4) is 0 Å². The summed E-state index contributed by atoms with van der Waals surface area (Å²) in [5.41, 5.74) is 2.07. The number of rotatable bonds is 5. The van der Waals surface area contributed by atoms with Gasteiger partial charge in [0.05, 0.1) is 17.5 Å². The molecule has 0 N–H and O–H groups in total. The van der Waals surface area contributed by atoms with Crippen LogP contribution in [0.15, 0.2) is 64.7 Å². The van der Waals surface area contributed by atoms with Crippen LogP contribution < -0.4 is 9.64 Å². The number of imide groups is 1. The number of hydrogen-bond acceptors (Lipinski definition) is 4. The number of ether oxygens (including phenoxy) is 1. The highest BCUT2D eigenvalue weighted by Crippen LogP contribution is 2.42. The van der Waals surface area contributed by atoms with E-state index < -0.39 is 0 Å². The summed E-state index contributed by atoms with van der Waals surface area (Å²) in [5.74, 6) is -0.849. The summed E-state index contributed by atoms with van der Waals surface area (Å²) in [7, 11) is 0. The van der Waals surface area contributed by atoms with Gasteiger partial charge in [-0.3, -0.25) is 14.4 Å². The fraction of sp³-hybridized carbons (Fsp3) is 0.261. The lowest BCUT2D eigenvalue weighted by Gasteiger charge is -2.19. The molecule has 1 saturated heterocycles. The standard InChI is InChI=1S/C23H20BrNO4/c1-14-6-11-17-18(12-14)23(28)25(22(17)27)19-4-2-3-5-21(19)29-13-20(26)15-7-9-16(24)10-8-15/h2-10,17-18H,11-13H2,1H3/t17-,18-/m1/s1. The number of anilines is 1. The third-order valence-corrected chi connectivity index (χ3v) is 5.98. The van der Waals surface area contributed by atoms with Crippen molar-refractivity contribution in [1.29, 1.82) is 0 Å². The van der Waals surface area contributed by atoms with Crippen LogP contribution in [0.1, 0.15) is 30.1 Å². The summed E-state index contributed by atoms with van der Waals surface area (Å²) in [6, 6.07) is 13.9. The minimum atomic E-state index is -0.316. The van der Waals surface area contributed by atoms with Crippen molar-refractivity contribution in [2.24, 2.45) is 11.8 Å². The number of hydrogen-bond donors (Lipinski definition) is 0. The Balaban J connectivity index is 1.54. The highest BCUT2D eigenvalue weighted by atomic mass is 79.9. The van der Waals surface area contributed by atoms with Crippen molar-refractivity contribution < 1.29 is 19.1 Å². The van der Waals surface area contributed by atoms with Crippen molar-refractivity contribution in [1.82, 2.24) is 0 Å². The molecule has 5 nitrogen and oxygen atoms in total. The van der Waals surface area contributed by atoms with Crippen LogP contribution in [0, 0.1) is 11.8 Å². The smallest absolute Gasteiger partial charge is 0.238 e. The van der Waals surface area contributed by atoms with Gasteiger partial charge in [0.25, 0.3) is 0 Å². The topological polar surface area (TPSA) is 63.7 Å². The molecular formula is C23H20BrNO4. The predicted molar refractivity (Wildman–Crippen MR) is 113 cm³/mol. The Morgan fingerprint density at radius 1 is 1.07 bits per heavy atom. The molecule has 2 amide bonds. The Morgan fingerprint density at radius 2 is 1.76 bits per heavy atom. The summed E-state index contributed by atoms with van der Waals surface area (Å²) in [6.07, 6.45) is 3.23. The molecule has 1 fully saturated rings. The summed E-state index contributed by atoms with van der Waals surface area (Å²) >= 11 is 3.34. The van der Waals surface area contributed by atoms with E-state index in [0.29, 0.717) is 29.8 Å². The molecule has 0 saturated carbocycles. The van der Waals surface area contributed by atoms with E-state index in [2.05, 4.69) is 15.9 Å². The second-order valence-corrected chi connectivity index (χ2v) is 8.32. The molecule has 1 aliphatic carbocycles. The number of carbonyl (C=O) groups excluding carboxylic acids is 3. The lowest BCUT2D eigenvalue weighted by molar-refractivity contribution is -0.122. The van der Waals surface area contributed by atoms with Crippen molar-refractivity contribution in [2.75, 3.05) is 11.5 Å². The molecule has 2 aromatic carbocycles. The van der Waals surface area contributed by atoms with Gasteiger partial charge in [0.15, 0.2) is 12.4 Å². The molecule has 148 valence electrons. The Hall–Kier alpha value is -2.73. The summed E-state index contributed by atoms with van der Waals surface area (Å²) in [4.78, 5) is 39.6. The zero-order valence-corrected chi connectivity index (χ0v) is 17.5. The summed E-state index contributed by atoms with van der Waals surface area (Å²) in [5, 5.41) is 0. The van der Waals surface area contributed by atoms with Gasteiger partial charge in [-0.2, -0.15) is 0 Å². The lowest BCUT2D eigenvalue weighted by atomic mass is 9.82. The number of allylic oxidation sites excluding steroid dienone is 2. The molecule has 1 heterocycles. The second-order valence-electron chi connectivity index (χ2n) is 7.40. The van der Waals surface area contributed by atoms with Gasteiger partial charge < -0.3 is 4.74 Å². The van der Waals surface area contributed by atoms with Crippen molar-refractivity contribution >= 4 is 39.2 Å². The molecule has 0 radical (unpaired) electrons. The number of halogens is 1. The van der Waals surface area contributed by atoms with Crippen LogP contribution in [-0.2, 0) is 9.59 Å². The molecule has 2 aromatic rings. The van der Waals surface area contributed by atoms with Gasteiger partial charge in [0, 0.05) is 10.0 Å². The largest absolute Gasteiger partial charge is 0.483 e. The number of ketones is 1. The molecule has 29 heavy (non-hydrogen) atoms. The quantitative estimate of drug-likeness (QED) is 0.378. The molecule has 0 bridgehead atoms. The molecule has 2 atom stereocenters. The number of carbonyl (C=O) groups is 3. The first-order valence-corrected chi connectivity index (χ1v) is 10.3. The van der Waals surface area contributed by atoms with Crippen LogP contribution in [-0.4, -0.2) is 24.2 Å². The van der Waals surface area contributed by atoms with Crippen LogP contribution in [0.25, 0.3) is 0 Å². The molecule has 1 aliphatic heterocycles. The molecule has 0 unspecified atom stereocenters. The molecule has 0 spiro atoms. The van der Waals surface area contributed by atoms with Crippen LogP contribution in [0.5, 0.6) is 5.75 Å². The van der Waals surface area contributed by atoms with Gasteiger partial charge in [0.2, 0.25) is 11.8 Å². The Morgan fingerprint density at radius 3 is 2.52 bits per heavy atom. The van der Waals surface area contributed by atoms with Gasteiger partial charge in [-0.25, -0.2) is 4.90 Å².